The lowest BCUT2D eigenvalue weighted by molar-refractivity contribution is -0.137. The van der Waals surface area contributed by atoms with Gasteiger partial charge in [0, 0.05) is 31.9 Å². The highest BCUT2D eigenvalue weighted by molar-refractivity contribution is 5.88. The number of hydrogen-bond donors (Lipinski definition) is 3. The maximum atomic E-state index is 13.0. The molecule has 1 saturated carbocycles. The van der Waals surface area contributed by atoms with Crippen molar-refractivity contribution < 1.29 is 28.2 Å². The van der Waals surface area contributed by atoms with E-state index in [-0.39, 0.29) is 32.1 Å². The molecule has 0 bridgehead atoms. The molecule has 0 spiro atoms. The molecule has 1 amide bonds. The van der Waals surface area contributed by atoms with E-state index in [9.17, 15) is 28.2 Å². The first kappa shape index (κ1) is 25.4. The Labute approximate surface area is 211 Å². The number of nitrogens with two attached hydrogens (primary N) is 1. The Morgan fingerprint density at radius 3 is 2.54 bits per heavy atom. The summed E-state index contributed by atoms with van der Waals surface area (Å²) in [5.41, 5.74) is 4.48. The number of fused-ring (bicyclic) bond motifs is 1. The number of aromatic nitrogens is 3. The third kappa shape index (κ3) is 5.41. The minimum Gasteiger partial charge on any atom is -0.389 e. The van der Waals surface area contributed by atoms with Crippen molar-refractivity contribution in [3.8, 4) is 0 Å². The molecule has 1 saturated heterocycles. The summed E-state index contributed by atoms with van der Waals surface area (Å²) in [4.78, 5) is 23.9. The fraction of sp³-hybridized carbons (Fsp3) is 0.480. The van der Waals surface area contributed by atoms with Crippen molar-refractivity contribution in [2.45, 2.75) is 56.3 Å². The molecule has 9 nitrogen and oxygen atoms in total. The van der Waals surface area contributed by atoms with Crippen LogP contribution in [-0.4, -0.2) is 72.9 Å². The molecule has 1 aliphatic heterocycles. The van der Waals surface area contributed by atoms with Gasteiger partial charge < -0.3 is 25.4 Å². The van der Waals surface area contributed by atoms with Crippen molar-refractivity contribution >= 4 is 22.8 Å². The van der Waals surface area contributed by atoms with Crippen LogP contribution in [0.3, 0.4) is 0 Å². The molecule has 3 heterocycles. The highest BCUT2D eigenvalue weighted by Crippen LogP contribution is 2.37. The number of aliphatic hydroxyl groups is 2. The van der Waals surface area contributed by atoms with E-state index >= 15 is 0 Å². The summed E-state index contributed by atoms with van der Waals surface area (Å²) in [6.45, 7) is 1.06. The number of carbonyl (C=O) groups is 1. The third-order valence-corrected chi connectivity index (χ3v) is 7.16. The number of rotatable bonds is 8. The molecule has 37 heavy (non-hydrogen) atoms. The molecule has 1 aliphatic carbocycles. The number of nitrogens with zero attached hydrogens (tertiary/aromatic N) is 5. The lowest BCUT2D eigenvalue weighted by atomic mass is 9.88. The summed E-state index contributed by atoms with van der Waals surface area (Å²) < 4.78 is 40.7. The number of primary amides is 1. The topological polar surface area (TPSA) is 121 Å². The average Bonchev–Trinajstić information content (AvgIpc) is 3.60. The standard InChI is InChI=1S/C25H29F3N6O3/c26-25(27,28)17-3-1-16(2-4-17)11-34(18-5-6-18)23-19-7-9-33(22(19)30-15-31-23)14-24(37)8-10-32(12-20(24)35)13-21(29)36/h1-4,7,9,15,18,20,35,37H,5-6,8,10-14H2,(H2,29,36)/t20-,24+/m1/s1. The number of piperidine rings is 1. The minimum atomic E-state index is -4.38. The van der Waals surface area contributed by atoms with Crippen LogP contribution in [0, 0.1) is 0 Å². The van der Waals surface area contributed by atoms with Gasteiger partial charge in [0.05, 0.1) is 30.1 Å². The van der Waals surface area contributed by atoms with Crippen molar-refractivity contribution in [1.29, 1.82) is 0 Å². The maximum Gasteiger partial charge on any atom is 0.416 e. The number of aliphatic hydroxyl groups excluding tert-OH is 1. The SMILES string of the molecule is NC(=O)CN1CC[C@](O)(Cn2ccc3c(N(Cc4ccc(C(F)(F)F)cc4)C4CC4)ncnc32)[C@H](O)C1. The molecule has 2 fully saturated rings. The second-order valence-electron chi connectivity index (χ2n) is 10.0. The number of hydrogen-bond acceptors (Lipinski definition) is 7. The number of alkyl halides is 3. The number of benzene rings is 1. The molecule has 2 atom stereocenters. The summed E-state index contributed by atoms with van der Waals surface area (Å²) >= 11 is 0. The molecular formula is C25H29F3N6O3. The molecule has 4 N–H and O–H groups in total. The van der Waals surface area contributed by atoms with Gasteiger partial charge in [0.15, 0.2) is 0 Å². The number of carbonyl (C=O) groups excluding carboxylic acids is 1. The van der Waals surface area contributed by atoms with Gasteiger partial charge in [-0.25, -0.2) is 9.97 Å². The lowest BCUT2D eigenvalue weighted by Gasteiger charge is -2.42. The van der Waals surface area contributed by atoms with Gasteiger partial charge in [-0.2, -0.15) is 13.2 Å². The van der Waals surface area contributed by atoms with Crippen LogP contribution in [0.1, 0.15) is 30.4 Å². The van der Waals surface area contributed by atoms with E-state index in [2.05, 4.69) is 14.9 Å². The van der Waals surface area contributed by atoms with Crippen LogP contribution in [0.25, 0.3) is 11.0 Å². The van der Waals surface area contributed by atoms with E-state index < -0.39 is 29.4 Å². The van der Waals surface area contributed by atoms with Gasteiger partial charge >= 0.3 is 6.18 Å². The molecule has 2 aliphatic rings. The zero-order valence-corrected chi connectivity index (χ0v) is 20.1. The first-order valence-corrected chi connectivity index (χ1v) is 12.2. The summed E-state index contributed by atoms with van der Waals surface area (Å²) in [5.74, 6) is 0.185. The van der Waals surface area contributed by atoms with Gasteiger partial charge in [-0.3, -0.25) is 9.69 Å². The minimum absolute atomic E-state index is 0.0199. The van der Waals surface area contributed by atoms with Crippen LogP contribution < -0.4 is 10.6 Å². The number of anilines is 1. The molecule has 5 rings (SSSR count). The van der Waals surface area contributed by atoms with Gasteiger partial charge in [0.25, 0.3) is 0 Å². The van der Waals surface area contributed by atoms with Crippen molar-refractivity contribution in [2.24, 2.45) is 5.73 Å². The molecule has 0 unspecified atom stereocenters. The normalized spacial score (nSPS) is 22.9. The fourth-order valence-electron chi connectivity index (χ4n) is 4.97. The first-order valence-electron chi connectivity index (χ1n) is 12.2. The van der Waals surface area contributed by atoms with E-state index in [0.29, 0.717) is 24.6 Å². The number of amides is 1. The lowest BCUT2D eigenvalue weighted by Crippen LogP contribution is -2.58. The predicted octanol–water partition coefficient (Wildman–Crippen LogP) is 1.90. The fourth-order valence-corrected chi connectivity index (χ4v) is 4.97. The molecule has 3 aromatic rings. The van der Waals surface area contributed by atoms with Crippen LogP contribution in [0.5, 0.6) is 0 Å². The molecule has 2 aromatic heterocycles. The third-order valence-electron chi connectivity index (χ3n) is 7.16. The summed E-state index contributed by atoms with van der Waals surface area (Å²) in [6.07, 6.45) is -0.0739. The van der Waals surface area contributed by atoms with E-state index in [1.165, 1.54) is 18.5 Å². The molecule has 1 aromatic carbocycles. The smallest absolute Gasteiger partial charge is 0.389 e. The van der Waals surface area contributed by atoms with Gasteiger partial charge in [0.1, 0.15) is 23.4 Å². The van der Waals surface area contributed by atoms with E-state index in [1.54, 1.807) is 15.7 Å². The quantitative estimate of drug-likeness (QED) is 0.417. The largest absolute Gasteiger partial charge is 0.416 e. The van der Waals surface area contributed by atoms with Gasteiger partial charge in [-0.15, -0.1) is 0 Å². The Bertz CT molecular complexity index is 1280. The van der Waals surface area contributed by atoms with Crippen LogP contribution in [0.15, 0.2) is 42.9 Å². The van der Waals surface area contributed by atoms with Crippen LogP contribution >= 0.6 is 0 Å². The summed E-state index contributed by atoms with van der Waals surface area (Å²) in [7, 11) is 0. The van der Waals surface area contributed by atoms with Gasteiger partial charge in [-0.05, 0) is 43.0 Å². The zero-order chi connectivity index (χ0) is 26.4. The first-order chi connectivity index (χ1) is 17.5. The van der Waals surface area contributed by atoms with Crippen LogP contribution in [0.4, 0.5) is 19.0 Å². The van der Waals surface area contributed by atoms with E-state index in [0.717, 1.165) is 35.9 Å². The van der Waals surface area contributed by atoms with Crippen molar-refractivity contribution in [1.82, 2.24) is 19.4 Å². The maximum absolute atomic E-state index is 13.0. The van der Waals surface area contributed by atoms with Crippen LogP contribution in [0.2, 0.25) is 0 Å². The predicted molar refractivity (Wildman–Crippen MR) is 129 cm³/mol. The number of β-amino-alcohol motifs (C(OH)–C–C–N with tert-alkyl or cyclic N) is 1. The van der Waals surface area contributed by atoms with Crippen molar-refractivity contribution in [2.75, 3.05) is 24.5 Å². The Morgan fingerprint density at radius 2 is 1.92 bits per heavy atom. The van der Waals surface area contributed by atoms with E-state index in [1.807, 2.05) is 6.07 Å². The molecular weight excluding hydrogens is 489 g/mol. The molecule has 0 radical (unpaired) electrons. The zero-order valence-electron chi connectivity index (χ0n) is 20.1. The number of halogens is 3. The highest BCUT2D eigenvalue weighted by Gasteiger charge is 2.41. The Hall–Kier alpha value is -3.22. The Morgan fingerprint density at radius 1 is 1.19 bits per heavy atom. The van der Waals surface area contributed by atoms with Crippen molar-refractivity contribution in [3.63, 3.8) is 0 Å². The second kappa shape index (κ2) is 9.58. The highest BCUT2D eigenvalue weighted by atomic mass is 19.4. The van der Waals surface area contributed by atoms with Crippen LogP contribution in [-0.2, 0) is 24.1 Å². The Balaban J connectivity index is 1.37. The van der Waals surface area contributed by atoms with Crippen molar-refractivity contribution in [3.05, 3.63) is 54.0 Å². The number of likely N-dealkylation sites (tertiary alicyclic amines) is 1. The Kier molecular flexibility index (Phi) is 6.59. The molecule has 198 valence electrons. The van der Waals surface area contributed by atoms with Gasteiger partial charge in [-0.1, -0.05) is 12.1 Å². The van der Waals surface area contributed by atoms with E-state index in [4.69, 9.17) is 5.73 Å². The summed E-state index contributed by atoms with van der Waals surface area (Å²) in [6, 6.07) is 7.24. The second-order valence-corrected chi connectivity index (χ2v) is 10.0. The monoisotopic (exact) mass is 518 g/mol. The average molecular weight is 519 g/mol. The summed E-state index contributed by atoms with van der Waals surface area (Å²) in [5, 5.41) is 22.7. The molecule has 12 heteroatoms. The van der Waals surface area contributed by atoms with Gasteiger partial charge in [0.2, 0.25) is 5.91 Å².